The summed E-state index contributed by atoms with van der Waals surface area (Å²) in [6.07, 6.45) is 4.62. The van der Waals surface area contributed by atoms with Crippen molar-refractivity contribution in [2.75, 3.05) is 0 Å². The van der Waals surface area contributed by atoms with Crippen LogP contribution < -0.4 is 0 Å². The summed E-state index contributed by atoms with van der Waals surface area (Å²) in [6.45, 7) is 0. The summed E-state index contributed by atoms with van der Waals surface area (Å²) < 4.78 is 0. The first kappa shape index (κ1) is 4.56. The Labute approximate surface area is 52.5 Å². The van der Waals surface area contributed by atoms with Crippen molar-refractivity contribution >= 4 is 11.0 Å². The molecule has 0 aromatic carbocycles. The topological polar surface area (TPSA) is 28.7 Å². The number of hydrogen-bond donors (Lipinski definition) is 1. The summed E-state index contributed by atoms with van der Waals surface area (Å²) in [5.74, 6) is 0. The summed E-state index contributed by atoms with van der Waals surface area (Å²) in [5.41, 5.74) is 2.01. The SMILES string of the molecule is [c]1cc2ncccc2[nH]1. The molecule has 2 heterocycles. The third kappa shape index (κ3) is 0.598. The molecule has 0 aliphatic heterocycles. The molecule has 43 valence electrons. The van der Waals surface area contributed by atoms with E-state index >= 15 is 0 Å². The number of rotatable bonds is 0. The van der Waals surface area contributed by atoms with Gasteiger partial charge in [-0.1, -0.05) is 0 Å². The fourth-order valence-corrected chi connectivity index (χ4v) is 0.820. The van der Waals surface area contributed by atoms with Crippen LogP contribution in [0.15, 0.2) is 24.4 Å². The van der Waals surface area contributed by atoms with Crippen LogP contribution in [0, 0.1) is 6.20 Å². The number of nitrogens with one attached hydrogen (secondary N) is 1. The molecule has 0 aliphatic rings. The van der Waals surface area contributed by atoms with Crippen LogP contribution in [0.3, 0.4) is 0 Å². The predicted octanol–water partition coefficient (Wildman–Crippen LogP) is 1.36. The lowest BCUT2D eigenvalue weighted by atomic mass is 10.4. The largest absolute Gasteiger partial charge is 0.352 e. The van der Waals surface area contributed by atoms with Gasteiger partial charge >= 0.3 is 0 Å². The van der Waals surface area contributed by atoms with Crippen LogP contribution >= 0.6 is 0 Å². The maximum Gasteiger partial charge on any atom is 0.0885 e. The number of hydrogen-bond acceptors (Lipinski definition) is 1. The second-order valence-corrected chi connectivity index (χ2v) is 1.85. The number of fused-ring (bicyclic) bond motifs is 1. The van der Waals surface area contributed by atoms with Crippen LogP contribution in [0.2, 0.25) is 0 Å². The maximum absolute atomic E-state index is 4.08. The number of aromatic nitrogens is 2. The van der Waals surface area contributed by atoms with Crippen LogP contribution in [0.5, 0.6) is 0 Å². The molecule has 0 atom stereocenters. The van der Waals surface area contributed by atoms with Crippen molar-refractivity contribution < 1.29 is 0 Å². The smallest absolute Gasteiger partial charge is 0.0885 e. The first-order chi connectivity index (χ1) is 4.47. The highest BCUT2D eigenvalue weighted by atomic mass is 14.7. The third-order valence-corrected chi connectivity index (χ3v) is 1.25. The van der Waals surface area contributed by atoms with Gasteiger partial charge in [-0.3, -0.25) is 4.98 Å². The molecule has 2 aromatic heterocycles. The molecule has 9 heavy (non-hydrogen) atoms. The average molecular weight is 117 g/mol. The van der Waals surface area contributed by atoms with E-state index < -0.39 is 0 Å². The van der Waals surface area contributed by atoms with E-state index in [1.807, 2.05) is 18.2 Å². The fourth-order valence-electron chi connectivity index (χ4n) is 0.820. The highest BCUT2D eigenvalue weighted by Crippen LogP contribution is 2.04. The zero-order chi connectivity index (χ0) is 6.10. The van der Waals surface area contributed by atoms with Crippen molar-refractivity contribution in [1.29, 1.82) is 0 Å². The molecule has 1 radical (unpaired) electrons. The molecule has 2 rings (SSSR count). The van der Waals surface area contributed by atoms with Crippen molar-refractivity contribution in [1.82, 2.24) is 9.97 Å². The molecular weight excluding hydrogens is 112 g/mol. The van der Waals surface area contributed by atoms with Crippen LogP contribution in [0.1, 0.15) is 0 Å². The molecule has 2 aromatic rings. The highest BCUT2D eigenvalue weighted by Gasteiger charge is 1.88. The van der Waals surface area contributed by atoms with Gasteiger partial charge in [0.2, 0.25) is 0 Å². The van der Waals surface area contributed by atoms with E-state index in [-0.39, 0.29) is 0 Å². The summed E-state index contributed by atoms with van der Waals surface area (Å²) in [6, 6.07) is 5.70. The normalized spacial score (nSPS) is 10.2. The van der Waals surface area contributed by atoms with Crippen molar-refractivity contribution in [3.05, 3.63) is 30.6 Å². The Morgan fingerprint density at radius 2 is 2.56 bits per heavy atom. The molecule has 0 fully saturated rings. The van der Waals surface area contributed by atoms with Crippen molar-refractivity contribution in [2.45, 2.75) is 0 Å². The van der Waals surface area contributed by atoms with Gasteiger partial charge in [-0.15, -0.1) is 0 Å². The van der Waals surface area contributed by atoms with Gasteiger partial charge in [0.1, 0.15) is 0 Å². The minimum Gasteiger partial charge on any atom is -0.352 e. The molecule has 0 amide bonds. The van der Waals surface area contributed by atoms with E-state index in [4.69, 9.17) is 0 Å². The summed E-state index contributed by atoms with van der Waals surface area (Å²) in [4.78, 5) is 7.01. The molecule has 0 saturated heterocycles. The summed E-state index contributed by atoms with van der Waals surface area (Å²) in [7, 11) is 0. The van der Waals surface area contributed by atoms with Crippen molar-refractivity contribution in [3.63, 3.8) is 0 Å². The van der Waals surface area contributed by atoms with E-state index in [0.29, 0.717) is 0 Å². The van der Waals surface area contributed by atoms with Crippen LogP contribution in [-0.4, -0.2) is 9.97 Å². The molecule has 1 N–H and O–H groups in total. The Bertz CT molecular complexity index is 281. The lowest BCUT2D eigenvalue weighted by Gasteiger charge is -1.82. The predicted molar refractivity (Wildman–Crippen MR) is 34.9 cm³/mol. The molecule has 0 saturated carbocycles. The second-order valence-electron chi connectivity index (χ2n) is 1.85. The Morgan fingerprint density at radius 3 is 3.44 bits per heavy atom. The van der Waals surface area contributed by atoms with Gasteiger partial charge in [-0.05, 0) is 18.2 Å². The van der Waals surface area contributed by atoms with E-state index in [1.54, 1.807) is 6.20 Å². The summed E-state index contributed by atoms with van der Waals surface area (Å²) in [5, 5.41) is 0. The number of pyridine rings is 1. The van der Waals surface area contributed by atoms with Gasteiger partial charge in [0, 0.05) is 6.20 Å². The first-order valence-electron chi connectivity index (χ1n) is 2.76. The number of aromatic amines is 1. The van der Waals surface area contributed by atoms with Gasteiger partial charge in [-0.2, -0.15) is 0 Å². The first-order valence-corrected chi connectivity index (χ1v) is 2.76. The van der Waals surface area contributed by atoms with Crippen LogP contribution in [-0.2, 0) is 0 Å². The van der Waals surface area contributed by atoms with Gasteiger partial charge in [0.25, 0.3) is 0 Å². The highest BCUT2D eigenvalue weighted by molar-refractivity contribution is 5.73. The summed E-state index contributed by atoms with van der Waals surface area (Å²) >= 11 is 0. The monoisotopic (exact) mass is 117 g/mol. The standard InChI is InChI=1S/C7H5N2/c1-2-6-7(8-4-1)3-5-9-6/h1-4,9H. The Hall–Kier alpha value is -1.31. The Kier molecular flexibility index (Phi) is 0.803. The van der Waals surface area contributed by atoms with E-state index in [0.717, 1.165) is 11.0 Å². The second kappa shape index (κ2) is 1.58. The zero-order valence-corrected chi connectivity index (χ0v) is 4.76. The van der Waals surface area contributed by atoms with Crippen molar-refractivity contribution in [2.24, 2.45) is 0 Å². The number of nitrogens with zero attached hydrogens (tertiary/aromatic N) is 1. The molecular formula is C7H5N2. The fraction of sp³-hybridized carbons (Fsp3) is 0. The zero-order valence-electron chi connectivity index (χ0n) is 4.76. The lowest BCUT2D eigenvalue weighted by molar-refractivity contribution is 1.40. The molecule has 2 heteroatoms. The molecule has 2 nitrogen and oxygen atoms in total. The van der Waals surface area contributed by atoms with Gasteiger partial charge in [-0.25, -0.2) is 0 Å². The van der Waals surface area contributed by atoms with E-state index in [1.165, 1.54) is 0 Å². The minimum atomic E-state index is 0.970. The maximum atomic E-state index is 4.08. The average Bonchev–Trinajstić information content (AvgIpc) is 2.33. The molecule has 0 unspecified atom stereocenters. The third-order valence-electron chi connectivity index (χ3n) is 1.25. The minimum absolute atomic E-state index is 0.970. The molecule has 0 aliphatic carbocycles. The molecule has 0 bridgehead atoms. The Morgan fingerprint density at radius 1 is 1.56 bits per heavy atom. The lowest BCUT2D eigenvalue weighted by Crippen LogP contribution is -1.69. The van der Waals surface area contributed by atoms with Gasteiger partial charge in [0.05, 0.1) is 17.2 Å². The van der Waals surface area contributed by atoms with Crippen LogP contribution in [0.4, 0.5) is 0 Å². The molecule has 0 spiro atoms. The Balaban J connectivity index is 2.95. The van der Waals surface area contributed by atoms with Crippen LogP contribution in [0.25, 0.3) is 11.0 Å². The van der Waals surface area contributed by atoms with Crippen molar-refractivity contribution in [3.8, 4) is 0 Å². The van der Waals surface area contributed by atoms with Gasteiger partial charge in [0.15, 0.2) is 0 Å². The van der Waals surface area contributed by atoms with E-state index in [2.05, 4.69) is 16.2 Å². The number of H-pyrrole nitrogens is 1. The van der Waals surface area contributed by atoms with E-state index in [9.17, 15) is 0 Å². The quantitative estimate of drug-likeness (QED) is 0.554. The van der Waals surface area contributed by atoms with Gasteiger partial charge < -0.3 is 4.98 Å².